The number of piperazine rings is 1. The summed E-state index contributed by atoms with van der Waals surface area (Å²) in [4.78, 5) is 10.9. The van der Waals surface area contributed by atoms with Gasteiger partial charge in [0.1, 0.15) is 5.82 Å². The minimum Gasteiger partial charge on any atom is -0.492 e. The Morgan fingerprint density at radius 3 is 2.52 bits per heavy atom. The molecule has 1 aliphatic rings. The highest BCUT2D eigenvalue weighted by atomic mass is 32.1. The van der Waals surface area contributed by atoms with Crippen molar-refractivity contribution >= 4 is 16.3 Å². The van der Waals surface area contributed by atoms with E-state index in [1.807, 2.05) is 6.92 Å². The molecule has 0 bridgehead atoms. The van der Waals surface area contributed by atoms with Gasteiger partial charge in [0.2, 0.25) is 10.8 Å². The third kappa shape index (κ3) is 2.92. The minimum atomic E-state index is 0.0312. The van der Waals surface area contributed by atoms with Gasteiger partial charge in [0, 0.05) is 26.2 Å². The Morgan fingerprint density at radius 1 is 1.12 bits per heavy atom. The molecule has 0 aliphatic carbocycles. The Kier molecular flexibility index (Phi) is 4.23. The maximum Gasteiger partial charge on any atom is 0.230 e. The van der Waals surface area contributed by atoms with Crippen LogP contribution in [-0.2, 0) is 0 Å². The number of hydrogen-bond acceptors (Lipinski definition) is 6. The van der Waals surface area contributed by atoms with Crippen LogP contribution in [0, 0.1) is 13.8 Å². The molecule has 3 heterocycles. The van der Waals surface area contributed by atoms with E-state index in [1.54, 1.807) is 4.52 Å². The van der Waals surface area contributed by atoms with Crippen molar-refractivity contribution in [1.82, 2.24) is 24.4 Å². The summed E-state index contributed by atoms with van der Waals surface area (Å²) in [5, 5.41) is 15.2. The molecule has 0 saturated carbocycles. The standard InChI is InChI=1S/C18H23N5OS/c1-12-6-4-5-7-14(12)15(22-10-8-21(3)9-11-22)16-17(24)23-18(25-16)19-13(2)20-23/h4-7,15,24H,8-11H2,1-3H3. The second-order valence-electron chi connectivity index (χ2n) is 6.74. The lowest BCUT2D eigenvalue weighted by Crippen LogP contribution is -2.46. The number of benzene rings is 1. The molecule has 1 aromatic carbocycles. The smallest absolute Gasteiger partial charge is 0.230 e. The summed E-state index contributed by atoms with van der Waals surface area (Å²) < 4.78 is 1.57. The zero-order valence-corrected chi connectivity index (χ0v) is 15.6. The van der Waals surface area contributed by atoms with Gasteiger partial charge in [0.05, 0.1) is 10.9 Å². The molecular weight excluding hydrogens is 334 g/mol. The molecule has 1 aliphatic heterocycles. The highest BCUT2D eigenvalue weighted by Gasteiger charge is 2.31. The first-order chi connectivity index (χ1) is 12.0. The zero-order chi connectivity index (χ0) is 17.6. The average molecular weight is 357 g/mol. The topological polar surface area (TPSA) is 56.9 Å². The number of hydrogen-bond donors (Lipinski definition) is 1. The molecule has 0 spiro atoms. The SMILES string of the molecule is Cc1nc2sc(C(c3ccccc3C)N3CCN(C)CC3)c(O)n2n1. The molecule has 1 fully saturated rings. The predicted molar refractivity (Wildman–Crippen MR) is 99.4 cm³/mol. The number of aromatic nitrogens is 3. The summed E-state index contributed by atoms with van der Waals surface area (Å²) in [6.45, 7) is 7.99. The molecule has 1 saturated heterocycles. The van der Waals surface area contributed by atoms with Crippen molar-refractivity contribution < 1.29 is 5.11 Å². The molecular formula is C18H23N5OS. The highest BCUT2D eigenvalue weighted by molar-refractivity contribution is 7.17. The van der Waals surface area contributed by atoms with Gasteiger partial charge in [-0.25, -0.2) is 4.98 Å². The lowest BCUT2D eigenvalue weighted by atomic mass is 9.98. The maximum atomic E-state index is 10.8. The van der Waals surface area contributed by atoms with Gasteiger partial charge in [-0.15, -0.1) is 5.10 Å². The van der Waals surface area contributed by atoms with E-state index in [2.05, 4.69) is 58.1 Å². The summed E-state index contributed by atoms with van der Waals surface area (Å²) in [5.74, 6) is 0.896. The molecule has 4 rings (SSSR count). The maximum absolute atomic E-state index is 10.8. The van der Waals surface area contributed by atoms with E-state index < -0.39 is 0 Å². The lowest BCUT2D eigenvalue weighted by molar-refractivity contribution is 0.127. The second-order valence-corrected chi connectivity index (χ2v) is 7.75. The zero-order valence-electron chi connectivity index (χ0n) is 14.8. The minimum absolute atomic E-state index is 0.0312. The molecule has 6 nitrogen and oxygen atoms in total. The molecule has 1 unspecified atom stereocenters. The van der Waals surface area contributed by atoms with Gasteiger partial charge in [-0.05, 0) is 32.0 Å². The van der Waals surface area contributed by atoms with E-state index in [0.717, 1.165) is 36.0 Å². The molecule has 1 N–H and O–H groups in total. The van der Waals surface area contributed by atoms with Gasteiger partial charge in [-0.3, -0.25) is 4.90 Å². The van der Waals surface area contributed by atoms with Crippen LogP contribution in [0.5, 0.6) is 5.88 Å². The number of thiazole rings is 1. The molecule has 25 heavy (non-hydrogen) atoms. The van der Waals surface area contributed by atoms with Crippen LogP contribution in [0.2, 0.25) is 0 Å². The van der Waals surface area contributed by atoms with Crippen molar-refractivity contribution in [3.8, 4) is 5.88 Å². The summed E-state index contributed by atoms with van der Waals surface area (Å²) in [6, 6.07) is 8.47. The van der Waals surface area contributed by atoms with Crippen LogP contribution < -0.4 is 0 Å². The molecule has 2 aromatic heterocycles. The van der Waals surface area contributed by atoms with Crippen LogP contribution in [0.15, 0.2) is 24.3 Å². The van der Waals surface area contributed by atoms with Crippen molar-refractivity contribution in [2.24, 2.45) is 0 Å². The normalized spacial score (nSPS) is 18.0. The van der Waals surface area contributed by atoms with E-state index in [9.17, 15) is 5.11 Å². The number of fused-ring (bicyclic) bond motifs is 1. The summed E-state index contributed by atoms with van der Waals surface area (Å²) in [5.41, 5.74) is 2.48. The summed E-state index contributed by atoms with van der Waals surface area (Å²) >= 11 is 1.53. The van der Waals surface area contributed by atoms with E-state index in [0.29, 0.717) is 5.82 Å². The van der Waals surface area contributed by atoms with Crippen molar-refractivity contribution in [2.45, 2.75) is 19.9 Å². The number of aryl methyl sites for hydroxylation is 2. The summed E-state index contributed by atoms with van der Waals surface area (Å²) in [7, 11) is 2.16. The van der Waals surface area contributed by atoms with E-state index in [1.165, 1.54) is 22.5 Å². The Morgan fingerprint density at radius 2 is 1.84 bits per heavy atom. The summed E-state index contributed by atoms with van der Waals surface area (Å²) in [6.07, 6.45) is 0. The first-order valence-electron chi connectivity index (χ1n) is 8.57. The number of rotatable bonds is 3. The number of aromatic hydroxyl groups is 1. The largest absolute Gasteiger partial charge is 0.492 e. The van der Waals surface area contributed by atoms with Crippen LogP contribution in [0.25, 0.3) is 4.96 Å². The van der Waals surface area contributed by atoms with Gasteiger partial charge < -0.3 is 10.0 Å². The van der Waals surface area contributed by atoms with Gasteiger partial charge in [-0.2, -0.15) is 4.52 Å². The third-order valence-corrected chi connectivity index (χ3v) is 6.01. The predicted octanol–water partition coefficient (Wildman–Crippen LogP) is 2.45. The van der Waals surface area contributed by atoms with Crippen LogP contribution in [0.4, 0.5) is 0 Å². The van der Waals surface area contributed by atoms with Crippen LogP contribution in [0.3, 0.4) is 0 Å². The molecule has 3 aromatic rings. The molecule has 132 valence electrons. The van der Waals surface area contributed by atoms with Crippen LogP contribution >= 0.6 is 11.3 Å². The first kappa shape index (κ1) is 16.5. The van der Waals surface area contributed by atoms with Crippen LogP contribution in [0.1, 0.15) is 27.9 Å². The molecule has 1 atom stereocenters. The van der Waals surface area contributed by atoms with Gasteiger partial charge in [-0.1, -0.05) is 35.6 Å². The Hall–Kier alpha value is -1.96. The number of likely N-dealkylation sites (N-methyl/N-ethyl adjacent to an activating group) is 1. The Labute approximate surface area is 151 Å². The van der Waals surface area contributed by atoms with Crippen LogP contribution in [-0.4, -0.2) is 62.7 Å². The van der Waals surface area contributed by atoms with Crippen molar-refractivity contribution in [3.05, 3.63) is 46.1 Å². The second kappa shape index (κ2) is 6.40. The monoisotopic (exact) mass is 357 g/mol. The molecule has 7 heteroatoms. The van der Waals surface area contributed by atoms with Gasteiger partial charge >= 0.3 is 0 Å². The Bertz CT molecular complexity index is 894. The van der Waals surface area contributed by atoms with Gasteiger partial charge in [0.25, 0.3) is 0 Å². The first-order valence-corrected chi connectivity index (χ1v) is 9.39. The lowest BCUT2D eigenvalue weighted by Gasteiger charge is -2.38. The fourth-order valence-corrected chi connectivity index (χ4v) is 4.66. The van der Waals surface area contributed by atoms with Crippen molar-refractivity contribution in [3.63, 3.8) is 0 Å². The van der Waals surface area contributed by atoms with Crippen molar-refractivity contribution in [1.29, 1.82) is 0 Å². The fraction of sp³-hybridized carbons (Fsp3) is 0.444. The fourth-order valence-electron chi connectivity index (χ4n) is 3.50. The van der Waals surface area contributed by atoms with Gasteiger partial charge in [0.15, 0.2) is 0 Å². The van der Waals surface area contributed by atoms with E-state index in [-0.39, 0.29) is 11.9 Å². The quantitative estimate of drug-likeness (QED) is 0.780. The Balaban J connectivity index is 1.83. The van der Waals surface area contributed by atoms with E-state index in [4.69, 9.17) is 0 Å². The third-order valence-electron chi connectivity index (χ3n) is 4.94. The van der Waals surface area contributed by atoms with E-state index >= 15 is 0 Å². The van der Waals surface area contributed by atoms with Crippen molar-refractivity contribution in [2.75, 3.05) is 33.2 Å². The number of nitrogens with zero attached hydrogens (tertiary/aromatic N) is 5. The average Bonchev–Trinajstić information content (AvgIpc) is 3.09. The molecule has 0 radical (unpaired) electrons. The highest BCUT2D eigenvalue weighted by Crippen LogP contribution is 2.41. The molecule has 0 amide bonds.